The Hall–Kier alpha value is -1.66. The van der Waals surface area contributed by atoms with Crippen molar-refractivity contribution < 1.29 is 4.79 Å². The molecule has 6 heteroatoms. The maximum absolute atomic E-state index is 12.0. The average Bonchev–Trinajstić information content (AvgIpc) is 2.93. The molecule has 2 aromatic rings. The molecule has 3 rings (SSSR count). The molecule has 0 aliphatic carbocycles. The molecule has 1 atom stereocenters. The number of nitrogens with zero attached hydrogens (tertiary/aromatic N) is 2. The molecule has 1 amide bonds. The summed E-state index contributed by atoms with van der Waals surface area (Å²) >= 11 is 3.42. The number of nitrogens with one attached hydrogen (secondary N) is 1. The lowest BCUT2D eigenvalue weighted by atomic mass is 10.1. The van der Waals surface area contributed by atoms with Crippen LogP contribution in [0.4, 0.5) is 5.82 Å². The standard InChI is InChI=1S/C14H15BrN4O/c1-8-13(9-2-4-10(15)5-3-9)14(18-17-8)19-7-11(16)6-12(19)20/h2-5,11H,6-7,16H2,1H3,(H,17,18). The van der Waals surface area contributed by atoms with Gasteiger partial charge in [0.15, 0.2) is 5.82 Å². The first-order chi connectivity index (χ1) is 9.56. The number of halogens is 1. The van der Waals surface area contributed by atoms with Crippen LogP contribution < -0.4 is 10.6 Å². The zero-order valence-electron chi connectivity index (χ0n) is 11.1. The van der Waals surface area contributed by atoms with E-state index >= 15 is 0 Å². The van der Waals surface area contributed by atoms with Gasteiger partial charge < -0.3 is 5.73 Å². The molecule has 1 aromatic heterocycles. The molecule has 1 unspecified atom stereocenters. The monoisotopic (exact) mass is 334 g/mol. The first-order valence-corrected chi connectivity index (χ1v) is 7.22. The van der Waals surface area contributed by atoms with Crippen molar-refractivity contribution in [2.24, 2.45) is 5.73 Å². The van der Waals surface area contributed by atoms with Crippen molar-refractivity contribution in [3.63, 3.8) is 0 Å². The summed E-state index contributed by atoms with van der Waals surface area (Å²) in [6.07, 6.45) is 0.381. The third-order valence-electron chi connectivity index (χ3n) is 3.47. The molecule has 1 aliphatic heterocycles. The van der Waals surface area contributed by atoms with E-state index in [1.807, 2.05) is 31.2 Å². The van der Waals surface area contributed by atoms with E-state index in [0.717, 1.165) is 21.3 Å². The minimum absolute atomic E-state index is 0.0300. The van der Waals surface area contributed by atoms with Gasteiger partial charge in [0.25, 0.3) is 0 Å². The summed E-state index contributed by atoms with van der Waals surface area (Å²) in [5.41, 5.74) is 8.79. The van der Waals surface area contributed by atoms with Crippen LogP contribution in [-0.2, 0) is 4.79 Å². The second kappa shape index (κ2) is 5.03. The highest BCUT2D eigenvalue weighted by molar-refractivity contribution is 9.10. The fraction of sp³-hybridized carbons (Fsp3) is 0.286. The number of hydrogen-bond acceptors (Lipinski definition) is 3. The van der Waals surface area contributed by atoms with Crippen LogP contribution in [0.5, 0.6) is 0 Å². The SMILES string of the molecule is Cc1[nH]nc(N2CC(N)CC2=O)c1-c1ccc(Br)cc1. The number of nitrogens with two attached hydrogens (primary N) is 1. The molecule has 1 fully saturated rings. The van der Waals surface area contributed by atoms with Gasteiger partial charge in [0, 0.05) is 34.7 Å². The fourth-order valence-corrected chi connectivity index (χ4v) is 2.78. The summed E-state index contributed by atoms with van der Waals surface area (Å²) in [5.74, 6) is 0.699. The first kappa shape index (κ1) is 13.3. The van der Waals surface area contributed by atoms with E-state index < -0.39 is 0 Å². The van der Waals surface area contributed by atoms with E-state index in [1.54, 1.807) is 4.90 Å². The average molecular weight is 335 g/mol. The Balaban J connectivity index is 2.06. The highest BCUT2D eigenvalue weighted by Crippen LogP contribution is 2.34. The molecule has 104 valence electrons. The maximum atomic E-state index is 12.0. The van der Waals surface area contributed by atoms with Gasteiger partial charge in [-0.1, -0.05) is 28.1 Å². The van der Waals surface area contributed by atoms with Gasteiger partial charge in [-0.15, -0.1) is 0 Å². The number of aromatic nitrogens is 2. The number of amides is 1. The minimum Gasteiger partial charge on any atom is -0.326 e. The van der Waals surface area contributed by atoms with Crippen LogP contribution in [0.25, 0.3) is 11.1 Å². The zero-order chi connectivity index (χ0) is 14.3. The number of aryl methyl sites for hydroxylation is 1. The molecule has 3 N–H and O–H groups in total. The van der Waals surface area contributed by atoms with E-state index in [0.29, 0.717) is 18.8 Å². The normalized spacial score (nSPS) is 18.9. The van der Waals surface area contributed by atoms with Gasteiger partial charge in [-0.25, -0.2) is 0 Å². The summed E-state index contributed by atoms with van der Waals surface area (Å²) in [6.45, 7) is 2.47. The van der Waals surface area contributed by atoms with Crippen LogP contribution >= 0.6 is 15.9 Å². The van der Waals surface area contributed by atoms with Crippen molar-refractivity contribution >= 4 is 27.7 Å². The largest absolute Gasteiger partial charge is 0.326 e. The van der Waals surface area contributed by atoms with Gasteiger partial charge in [-0.2, -0.15) is 5.10 Å². The summed E-state index contributed by atoms with van der Waals surface area (Å²) in [7, 11) is 0. The molecule has 1 saturated heterocycles. The molecule has 2 heterocycles. The van der Waals surface area contributed by atoms with Crippen LogP contribution in [-0.4, -0.2) is 28.7 Å². The van der Waals surface area contributed by atoms with Gasteiger partial charge >= 0.3 is 0 Å². The minimum atomic E-state index is -0.114. The summed E-state index contributed by atoms with van der Waals surface area (Å²) in [4.78, 5) is 13.7. The van der Waals surface area contributed by atoms with Crippen LogP contribution in [0.1, 0.15) is 12.1 Å². The lowest BCUT2D eigenvalue weighted by molar-refractivity contribution is -0.117. The van der Waals surface area contributed by atoms with Gasteiger partial charge in [-0.3, -0.25) is 14.8 Å². The molecule has 0 saturated carbocycles. The molecule has 20 heavy (non-hydrogen) atoms. The third-order valence-corrected chi connectivity index (χ3v) is 4.00. The van der Waals surface area contributed by atoms with Crippen LogP contribution in [0, 0.1) is 6.92 Å². The van der Waals surface area contributed by atoms with E-state index in [1.165, 1.54) is 0 Å². The third kappa shape index (κ3) is 2.25. The molecule has 1 aromatic carbocycles. The molecule has 0 bridgehead atoms. The van der Waals surface area contributed by atoms with Crippen molar-refractivity contribution in [3.05, 3.63) is 34.4 Å². The van der Waals surface area contributed by atoms with Gasteiger partial charge in [0.2, 0.25) is 5.91 Å². The van der Waals surface area contributed by atoms with Crippen molar-refractivity contribution in [2.45, 2.75) is 19.4 Å². The topological polar surface area (TPSA) is 75.0 Å². The quantitative estimate of drug-likeness (QED) is 0.884. The Labute approximate surface area is 125 Å². The van der Waals surface area contributed by atoms with Gasteiger partial charge in [0.1, 0.15) is 0 Å². The lowest BCUT2D eigenvalue weighted by Crippen LogP contribution is -2.28. The predicted octanol–water partition coefficient (Wildman–Crippen LogP) is 2.21. The van der Waals surface area contributed by atoms with E-state index in [9.17, 15) is 4.79 Å². The Morgan fingerprint density at radius 1 is 1.40 bits per heavy atom. The van der Waals surface area contributed by atoms with Crippen molar-refractivity contribution in [1.29, 1.82) is 0 Å². The number of hydrogen-bond donors (Lipinski definition) is 2. The number of carbonyl (C=O) groups excluding carboxylic acids is 1. The smallest absolute Gasteiger partial charge is 0.229 e. The number of H-pyrrole nitrogens is 1. The second-order valence-electron chi connectivity index (χ2n) is 5.02. The number of benzene rings is 1. The summed E-state index contributed by atoms with van der Waals surface area (Å²) in [5, 5.41) is 7.26. The van der Waals surface area contributed by atoms with Gasteiger partial charge in [-0.05, 0) is 24.6 Å². The van der Waals surface area contributed by atoms with E-state index in [4.69, 9.17) is 5.73 Å². The van der Waals surface area contributed by atoms with Crippen LogP contribution in [0.2, 0.25) is 0 Å². The predicted molar refractivity (Wildman–Crippen MR) is 81.4 cm³/mol. The van der Waals surface area contributed by atoms with E-state index in [2.05, 4.69) is 26.1 Å². The van der Waals surface area contributed by atoms with Crippen LogP contribution in [0.15, 0.2) is 28.7 Å². The van der Waals surface area contributed by atoms with E-state index in [-0.39, 0.29) is 11.9 Å². The number of rotatable bonds is 2. The van der Waals surface area contributed by atoms with Crippen LogP contribution in [0.3, 0.4) is 0 Å². The van der Waals surface area contributed by atoms with Crippen molar-refractivity contribution in [2.75, 3.05) is 11.4 Å². The molecule has 0 radical (unpaired) electrons. The molecular weight excluding hydrogens is 320 g/mol. The highest BCUT2D eigenvalue weighted by Gasteiger charge is 2.32. The van der Waals surface area contributed by atoms with Gasteiger partial charge in [0.05, 0.1) is 0 Å². The Morgan fingerprint density at radius 2 is 2.10 bits per heavy atom. The van der Waals surface area contributed by atoms with Crippen molar-refractivity contribution in [1.82, 2.24) is 10.2 Å². The number of aromatic amines is 1. The first-order valence-electron chi connectivity index (χ1n) is 6.43. The molecule has 1 aliphatic rings. The number of anilines is 1. The highest BCUT2D eigenvalue weighted by atomic mass is 79.9. The Morgan fingerprint density at radius 3 is 2.70 bits per heavy atom. The Kier molecular flexibility index (Phi) is 3.35. The summed E-state index contributed by atoms with van der Waals surface area (Å²) < 4.78 is 1.02. The molecular formula is C14H15BrN4O. The zero-order valence-corrected chi connectivity index (χ0v) is 12.6. The maximum Gasteiger partial charge on any atom is 0.229 e. The summed E-state index contributed by atoms with van der Waals surface area (Å²) in [6, 6.07) is 7.85. The van der Waals surface area contributed by atoms with Crippen molar-refractivity contribution in [3.8, 4) is 11.1 Å². The molecule has 0 spiro atoms. The number of carbonyl (C=O) groups is 1. The fourth-order valence-electron chi connectivity index (χ4n) is 2.51. The second-order valence-corrected chi connectivity index (χ2v) is 5.94. The Bertz CT molecular complexity index is 650. The lowest BCUT2D eigenvalue weighted by Gasteiger charge is -2.15. The molecule has 5 nitrogen and oxygen atoms in total.